The van der Waals surface area contributed by atoms with Crippen LogP contribution in [0.4, 0.5) is 0 Å². The molecule has 3 heterocycles. The van der Waals surface area contributed by atoms with E-state index in [4.69, 9.17) is 0 Å². The summed E-state index contributed by atoms with van der Waals surface area (Å²) in [6.45, 7) is 2.10. The monoisotopic (exact) mass is 327 g/mol. The summed E-state index contributed by atoms with van der Waals surface area (Å²) in [5, 5.41) is 8.68. The second kappa shape index (κ2) is 5.58. The van der Waals surface area contributed by atoms with Crippen LogP contribution < -0.4 is 0 Å². The van der Waals surface area contributed by atoms with E-state index in [1.807, 2.05) is 31.3 Å². The SMILES string of the molecule is CN1CCC[C@]2(CCN(C(=O)Cn3nc4ccccc4n3)C2)C1=O. The fourth-order valence-corrected chi connectivity index (χ4v) is 3.93. The molecule has 1 spiro atoms. The number of hydrogen-bond acceptors (Lipinski definition) is 4. The van der Waals surface area contributed by atoms with Crippen LogP contribution in [0.3, 0.4) is 0 Å². The molecule has 126 valence electrons. The molecule has 2 aromatic rings. The maximum Gasteiger partial charge on any atom is 0.246 e. The van der Waals surface area contributed by atoms with Crippen LogP contribution in [0, 0.1) is 5.41 Å². The van der Waals surface area contributed by atoms with Gasteiger partial charge in [-0.15, -0.1) is 0 Å². The first-order valence-corrected chi connectivity index (χ1v) is 8.41. The minimum absolute atomic E-state index is 0.0202. The highest BCUT2D eigenvalue weighted by molar-refractivity contribution is 5.86. The lowest BCUT2D eigenvalue weighted by molar-refractivity contribution is -0.144. The first-order valence-electron chi connectivity index (χ1n) is 8.41. The van der Waals surface area contributed by atoms with Gasteiger partial charge in [0.2, 0.25) is 11.8 Å². The number of carbonyl (C=O) groups excluding carboxylic acids is 2. The Hall–Kier alpha value is -2.44. The van der Waals surface area contributed by atoms with Crippen LogP contribution in [-0.2, 0) is 16.1 Å². The van der Waals surface area contributed by atoms with Gasteiger partial charge in [-0.25, -0.2) is 0 Å². The Kier molecular flexibility index (Phi) is 3.51. The Morgan fingerprint density at radius 3 is 2.58 bits per heavy atom. The van der Waals surface area contributed by atoms with Crippen LogP contribution in [0.25, 0.3) is 11.0 Å². The summed E-state index contributed by atoms with van der Waals surface area (Å²) in [5.41, 5.74) is 1.20. The third kappa shape index (κ3) is 2.44. The van der Waals surface area contributed by atoms with E-state index < -0.39 is 0 Å². The number of benzene rings is 1. The second-order valence-corrected chi connectivity index (χ2v) is 6.89. The van der Waals surface area contributed by atoms with E-state index in [1.165, 1.54) is 4.80 Å². The summed E-state index contributed by atoms with van der Waals surface area (Å²) in [4.78, 5) is 30.2. The highest BCUT2D eigenvalue weighted by Gasteiger charge is 2.48. The summed E-state index contributed by atoms with van der Waals surface area (Å²) < 4.78 is 0. The van der Waals surface area contributed by atoms with Gasteiger partial charge in [0.1, 0.15) is 17.6 Å². The zero-order valence-electron chi connectivity index (χ0n) is 13.8. The molecule has 0 radical (unpaired) electrons. The number of piperidine rings is 1. The Labute approximate surface area is 140 Å². The van der Waals surface area contributed by atoms with Gasteiger partial charge < -0.3 is 9.80 Å². The number of fused-ring (bicyclic) bond motifs is 1. The largest absolute Gasteiger partial charge is 0.345 e. The minimum atomic E-state index is -0.370. The Balaban J connectivity index is 1.46. The van der Waals surface area contributed by atoms with Crippen LogP contribution in [0.1, 0.15) is 19.3 Å². The van der Waals surface area contributed by atoms with Gasteiger partial charge in [-0.1, -0.05) is 12.1 Å². The van der Waals surface area contributed by atoms with Gasteiger partial charge in [-0.05, 0) is 31.4 Å². The minimum Gasteiger partial charge on any atom is -0.345 e. The molecule has 2 aliphatic heterocycles. The highest BCUT2D eigenvalue weighted by Crippen LogP contribution is 2.39. The number of nitrogens with zero attached hydrogens (tertiary/aromatic N) is 5. The molecule has 0 saturated carbocycles. The number of aromatic nitrogens is 3. The van der Waals surface area contributed by atoms with Crippen molar-refractivity contribution in [2.24, 2.45) is 5.41 Å². The number of amides is 2. The quantitative estimate of drug-likeness (QED) is 0.822. The van der Waals surface area contributed by atoms with Crippen LogP contribution in [0.2, 0.25) is 0 Å². The topological polar surface area (TPSA) is 71.3 Å². The van der Waals surface area contributed by atoms with Gasteiger partial charge in [0.15, 0.2) is 0 Å². The van der Waals surface area contributed by atoms with Crippen LogP contribution >= 0.6 is 0 Å². The lowest BCUT2D eigenvalue weighted by atomic mass is 9.78. The molecule has 0 aliphatic carbocycles. The van der Waals surface area contributed by atoms with Gasteiger partial charge in [-0.2, -0.15) is 15.0 Å². The molecular formula is C17H21N5O2. The molecule has 0 bridgehead atoms. The maximum absolute atomic E-state index is 12.6. The average Bonchev–Trinajstić information content (AvgIpc) is 3.17. The molecule has 2 fully saturated rings. The third-order valence-corrected chi connectivity index (χ3v) is 5.26. The molecule has 2 saturated heterocycles. The molecule has 0 N–H and O–H groups in total. The van der Waals surface area contributed by atoms with Gasteiger partial charge in [0.25, 0.3) is 0 Å². The molecule has 7 nitrogen and oxygen atoms in total. The maximum atomic E-state index is 12.6. The van der Waals surface area contributed by atoms with Gasteiger partial charge in [-0.3, -0.25) is 9.59 Å². The lowest BCUT2D eigenvalue weighted by Crippen LogP contribution is -2.48. The van der Waals surface area contributed by atoms with E-state index in [-0.39, 0.29) is 23.8 Å². The van der Waals surface area contributed by atoms with E-state index in [1.54, 1.807) is 9.80 Å². The fraction of sp³-hybridized carbons (Fsp3) is 0.529. The normalized spacial score (nSPS) is 24.3. The first-order chi connectivity index (χ1) is 11.6. The Bertz CT molecular complexity index is 768. The van der Waals surface area contributed by atoms with Crippen molar-refractivity contribution in [1.82, 2.24) is 24.8 Å². The van der Waals surface area contributed by atoms with Crippen molar-refractivity contribution in [3.8, 4) is 0 Å². The molecule has 0 unspecified atom stereocenters. The Morgan fingerprint density at radius 2 is 1.88 bits per heavy atom. The zero-order chi connectivity index (χ0) is 16.7. The zero-order valence-corrected chi connectivity index (χ0v) is 13.8. The first kappa shape index (κ1) is 15.1. The lowest BCUT2D eigenvalue weighted by Gasteiger charge is -2.37. The number of carbonyl (C=O) groups is 2. The predicted octanol–water partition coefficient (Wildman–Crippen LogP) is 0.902. The van der Waals surface area contributed by atoms with E-state index in [0.29, 0.717) is 13.1 Å². The number of hydrogen-bond donors (Lipinski definition) is 0. The fourth-order valence-electron chi connectivity index (χ4n) is 3.93. The molecule has 4 rings (SSSR count). The summed E-state index contributed by atoms with van der Waals surface area (Å²) in [7, 11) is 1.85. The molecule has 24 heavy (non-hydrogen) atoms. The van der Waals surface area contributed by atoms with Crippen LogP contribution in [0.15, 0.2) is 24.3 Å². The molecule has 1 aromatic carbocycles. The molecule has 2 amide bonds. The van der Waals surface area contributed by atoms with Gasteiger partial charge in [0.05, 0.1) is 5.41 Å². The van der Waals surface area contributed by atoms with Crippen LogP contribution in [-0.4, -0.2) is 63.3 Å². The standard InChI is InChI=1S/C17H21N5O2/c1-20-9-4-7-17(16(20)24)8-10-21(12-17)15(23)11-22-18-13-5-2-3-6-14(13)19-22/h2-3,5-6H,4,7-12H2,1H3/t17-/m1/s1. The number of likely N-dealkylation sites (tertiary alicyclic amines) is 2. The molecule has 1 aromatic heterocycles. The molecule has 1 atom stereocenters. The molecular weight excluding hydrogens is 306 g/mol. The summed E-state index contributed by atoms with van der Waals surface area (Å²) in [6.07, 6.45) is 2.65. The summed E-state index contributed by atoms with van der Waals surface area (Å²) in [5.74, 6) is 0.167. The average molecular weight is 327 g/mol. The van der Waals surface area contributed by atoms with Gasteiger partial charge in [0, 0.05) is 26.7 Å². The number of rotatable bonds is 2. The van der Waals surface area contributed by atoms with Crippen molar-refractivity contribution in [2.45, 2.75) is 25.8 Å². The smallest absolute Gasteiger partial charge is 0.246 e. The van der Waals surface area contributed by atoms with Crippen molar-refractivity contribution in [3.63, 3.8) is 0 Å². The third-order valence-electron chi connectivity index (χ3n) is 5.26. The molecule has 7 heteroatoms. The summed E-state index contributed by atoms with van der Waals surface area (Å²) >= 11 is 0. The van der Waals surface area contributed by atoms with E-state index in [2.05, 4.69) is 10.2 Å². The van der Waals surface area contributed by atoms with Crippen molar-refractivity contribution in [1.29, 1.82) is 0 Å². The highest BCUT2D eigenvalue weighted by atomic mass is 16.2. The van der Waals surface area contributed by atoms with Crippen molar-refractivity contribution >= 4 is 22.8 Å². The second-order valence-electron chi connectivity index (χ2n) is 6.89. The Morgan fingerprint density at radius 1 is 1.17 bits per heavy atom. The van der Waals surface area contributed by atoms with E-state index in [9.17, 15) is 9.59 Å². The van der Waals surface area contributed by atoms with Crippen molar-refractivity contribution in [2.75, 3.05) is 26.7 Å². The molecule has 2 aliphatic rings. The predicted molar refractivity (Wildman–Crippen MR) is 88.0 cm³/mol. The van der Waals surface area contributed by atoms with E-state index in [0.717, 1.165) is 36.8 Å². The van der Waals surface area contributed by atoms with Crippen molar-refractivity contribution in [3.05, 3.63) is 24.3 Å². The summed E-state index contributed by atoms with van der Waals surface area (Å²) in [6, 6.07) is 7.56. The van der Waals surface area contributed by atoms with Crippen LogP contribution in [0.5, 0.6) is 0 Å². The van der Waals surface area contributed by atoms with Gasteiger partial charge >= 0.3 is 0 Å². The van der Waals surface area contributed by atoms with E-state index >= 15 is 0 Å². The van der Waals surface area contributed by atoms with Crippen molar-refractivity contribution < 1.29 is 9.59 Å².